The van der Waals surface area contributed by atoms with Gasteiger partial charge in [-0.3, -0.25) is 9.59 Å². The molecule has 8 atom stereocenters. The molecule has 3 saturated carbocycles. The van der Waals surface area contributed by atoms with Gasteiger partial charge < -0.3 is 19.3 Å². The fraction of sp³-hybridized carbons (Fsp3) is 0.778. The molecule has 0 amide bonds. The molecule has 4 fully saturated rings. The van der Waals surface area contributed by atoms with Gasteiger partial charge in [0.05, 0.1) is 18.3 Å². The SMILES string of the molecule is CC(C)OCC(=O)C12OC(C)(C)OC1CC1C3CCC4=CC(=O)C=CC4(C)C3(F)C(O)CC12C. The molecule has 8 unspecified atom stereocenters. The molecule has 0 spiro atoms. The number of ether oxygens (including phenoxy) is 3. The van der Waals surface area contributed by atoms with Crippen LogP contribution in [0.5, 0.6) is 0 Å². The minimum atomic E-state index is -1.95. The lowest BCUT2D eigenvalue weighted by molar-refractivity contribution is -0.246. The highest BCUT2D eigenvalue weighted by Gasteiger charge is 2.80. The largest absolute Gasteiger partial charge is 0.390 e. The molecular formula is C27H37FO6. The van der Waals surface area contributed by atoms with Crippen molar-refractivity contribution in [3.63, 3.8) is 0 Å². The number of aliphatic hydroxyl groups is 1. The van der Waals surface area contributed by atoms with Gasteiger partial charge in [0.1, 0.15) is 6.61 Å². The Morgan fingerprint density at radius 2 is 1.97 bits per heavy atom. The zero-order valence-electron chi connectivity index (χ0n) is 21.0. The highest BCUT2D eigenvalue weighted by atomic mass is 19.1. The molecule has 0 aromatic heterocycles. The van der Waals surface area contributed by atoms with Gasteiger partial charge in [-0.1, -0.05) is 18.6 Å². The van der Waals surface area contributed by atoms with E-state index in [-0.39, 0.29) is 36.6 Å². The number of halogens is 1. The Morgan fingerprint density at radius 1 is 1.26 bits per heavy atom. The standard InChI is InChI=1S/C27H37FO6/c1-15(2)32-14-21(31)27-22(33-23(3,4)34-27)12-19-18-8-7-16-11-17(29)9-10-24(16,5)26(18,28)20(30)13-25(19,27)6/h9-11,15,18-20,22,30H,7-8,12-14H2,1-6H3. The van der Waals surface area contributed by atoms with Crippen LogP contribution in [0.4, 0.5) is 4.39 Å². The molecule has 0 aromatic carbocycles. The molecule has 7 heteroatoms. The van der Waals surface area contributed by atoms with Gasteiger partial charge in [0.25, 0.3) is 0 Å². The van der Waals surface area contributed by atoms with Crippen LogP contribution < -0.4 is 0 Å². The highest BCUT2D eigenvalue weighted by Crippen LogP contribution is 2.72. The molecule has 1 aliphatic heterocycles. The maximum absolute atomic E-state index is 17.3. The molecular weight excluding hydrogens is 439 g/mol. The van der Waals surface area contributed by atoms with E-state index >= 15 is 4.39 Å². The quantitative estimate of drug-likeness (QED) is 0.664. The first kappa shape index (κ1) is 24.3. The number of carbonyl (C=O) groups is 2. The number of allylic oxidation sites excluding steroid dienone is 4. The van der Waals surface area contributed by atoms with Gasteiger partial charge in [-0.05, 0) is 78.4 Å². The lowest BCUT2D eigenvalue weighted by atomic mass is 9.44. The van der Waals surface area contributed by atoms with E-state index in [1.807, 2.05) is 20.8 Å². The predicted octanol–water partition coefficient (Wildman–Crippen LogP) is 3.85. The van der Waals surface area contributed by atoms with E-state index in [0.29, 0.717) is 19.3 Å². The minimum Gasteiger partial charge on any atom is -0.390 e. The summed E-state index contributed by atoms with van der Waals surface area (Å²) in [6.07, 6.45) is 4.23. The van der Waals surface area contributed by atoms with Gasteiger partial charge in [-0.25, -0.2) is 4.39 Å². The van der Waals surface area contributed by atoms with Crippen molar-refractivity contribution < 1.29 is 33.3 Å². The van der Waals surface area contributed by atoms with Crippen molar-refractivity contribution in [2.45, 2.75) is 103 Å². The summed E-state index contributed by atoms with van der Waals surface area (Å²) in [5, 5.41) is 11.6. The summed E-state index contributed by atoms with van der Waals surface area (Å²) in [6.45, 7) is 11.0. The first-order valence-electron chi connectivity index (χ1n) is 12.6. The summed E-state index contributed by atoms with van der Waals surface area (Å²) in [7, 11) is 0. The van der Waals surface area contributed by atoms with E-state index in [1.54, 1.807) is 26.8 Å². The number of hydrogen-bond acceptors (Lipinski definition) is 6. The van der Waals surface area contributed by atoms with Gasteiger partial charge in [0.2, 0.25) is 0 Å². The monoisotopic (exact) mass is 476 g/mol. The van der Waals surface area contributed by atoms with Crippen molar-refractivity contribution in [2.24, 2.45) is 22.7 Å². The van der Waals surface area contributed by atoms with Crippen molar-refractivity contribution in [2.75, 3.05) is 6.61 Å². The van der Waals surface area contributed by atoms with E-state index in [4.69, 9.17) is 14.2 Å². The van der Waals surface area contributed by atoms with Crippen LogP contribution in [-0.4, -0.2) is 58.6 Å². The van der Waals surface area contributed by atoms with Gasteiger partial charge in [0.15, 0.2) is 28.6 Å². The molecule has 1 saturated heterocycles. The van der Waals surface area contributed by atoms with E-state index < -0.39 is 46.0 Å². The lowest BCUT2D eigenvalue weighted by Gasteiger charge is -2.62. The summed E-state index contributed by atoms with van der Waals surface area (Å²) < 4.78 is 35.8. The summed E-state index contributed by atoms with van der Waals surface area (Å²) in [5.74, 6) is -2.04. The number of ketones is 2. The van der Waals surface area contributed by atoms with Gasteiger partial charge >= 0.3 is 0 Å². The Kier molecular flexibility index (Phi) is 5.22. The second kappa shape index (κ2) is 7.31. The minimum absolute atomic E-state index is 0.0681. The van der Waals surface area contributed by atoms with Gasteiger partial charge in [-0.2, -0.15) is 0 Å². The second-order valence-electron chi connectivity index (χ2n) is 12.1. The third-order valence-electron chi connectivity index (χ3n) is 9.60. The number of aliphatic hydroxyl groups excluding tert-OH is 1. The van der Waals surface area contributed by atoms with Crippen molar-refractivity contribution >= 4 is 11.6 Å². The Balaban J connectivity index is 1.59. The molecule has 1 N–H and O–H groups in total. The summed E-state index contributed by atoms with van der Waals surface area (Å²) in [5.41, 5.74) is -4.42. The molecule has 5 aliphatic rings. The maximum Gasteiger partial charge on any atom is 0.193 e. The molecule has 5 rings (SSSR count). The van der Waals surface area contributed by atoms with E-state index in [0.717, 1.165) is 5.57 Å². The molecule has 34 heavy (non-hydrogen) atoms. The van der Waals surface area contributed by atoms with Crippen molar-refractivity contribution in [1.29, 1.82) is 0 Å². The maximum atomic E-state index is 17.3. The van der Waals surface area contributed by atoms with Crippen LogP contribution >= 0.6 is 0 Å². The van der Waals surface area contributed by atoms with E-state index in [9.17, 15) is 14.7 Å². The zero-order chi connectivity index (χ0) is 24.9. The number of carbonyl (C=O) groups excluding carboxylic acids is 2. The Bertz CT molecular complexity index is 986. The van der Waals surface area contributed by atoms with Crippen LogP contribution in [-0.2, 0) is 23.8 Å². The third-order valence-corrected chi connectivity index (χ3v) is 9.60. The van der Waals surface area contributed by atoms with Crippen molar-refractivity contribution in [3.8, 4) is 0 Å². The van der Waals surface area contributed by atoms with Crippen LogP contribution in [0.15, 0.2) is 23.8 Å². The average Bonchev–Trinajstić information content (AvgIpc) is 3.14. The zero-order valence-corrected chi connectivity index (χ0v) is 21.0. The van der Waals surface area contributed by atoms with Crippen LogP contribution in [0, 0.1) is 22.7 Å². The first-order chi connectivity index (χ1) is 15.7. The fourth-order valence-electron chi connectivity index (χ4n) is 8.16. The molecule has 188 valence electrons. The van der Waals surface area contributed by atoms with Crippen LogP contribution in [0.1, 0.15) is 67.2 Å². The summed E-state index contributed by atoms with van der Waals surface area (Å²) in [4.78, 5) is 25.8. The van der Waals surface area contributed by atoms with Crippen LogP contribution in [0.2, 0.25) is 0 Å². The molecule has 6 nitrogen and oxygen atoms in total. The Labute approximate surface area is 200 Å². The topological polar surface area (TPSA) is 82.1 Å². The van der Waals surface area contributed by atoms with Crippen LogP contribution in [0.25, 0.3) is 0 Å². The van der Waals surface area contributed by atoms with Crippen molar-refractivity contribution in [3.05, 3.63) is 23.8 Å². The highest BCUT2D eigenvalue weighted by molar-refractivity contribution is 6.01. The lowest BCUT2D eigenvalue weighted by Crippen LogP contribution is -2.70. The fourth-order valence-corrected chi connectivity index (χ4v) is 8.16. The first-order valence-corrected chi connectivity index (χ1v) is 12.6. The van der Waals surface area contributed by atoms with Crippen molar-refractivity contribution in [1.82, 2.24) is 0 Å². The molecule has 0 aromatic rings. The Hall–Kier alpha value is -1.41. The predicted molar refractivity (Wildman–Crippen MR) is 123 cm³/mol. The van der Waals surface area contributed by atoms with Gasteiger partial charge in [-0.15, -0.1) is 0 Å². The summed E-state index contributed by atoms with van der Waals surface area (Å²) in [6, 6.07) is 0. The third kappa shape index (κ3) is 2.87. The van der Waals surface area contributed by atoms with Gasteiger partial charge in [0, 0.05) is 16.7 Å². The molecule has 0 radical (unpaired) electrons. The van der Waals surface area contributed by atoms with E-state index in [1.165, 1.54) is 12.2 Å². The number of fused-ring (bicyclic) bond motifs is 7. The number of rotatable bonds is 4. The molecule has 4 aliphatic carbocycles. The number of Topliss-reactive ketones (excluding diaryl/α,β-unsaturated/α-hetero) is 1. The van der Waals surface area contributed by atoms with E-state index in [2.05, 4.69) is 0 Å². The average molecular weight is 477 g/mol. The number of hydrogen-bond donors (Lipinski definition) is 1. The molecule has 1 heterocycles. The summed E-state index contributed by atoms with van der Waals surface area (Å²) >= 11 is 0. The normalized spacial score (nSPS) is 48.7. The smallest absolute Gasteiger partial charge is 0.193 e. The number of alkyl halides is 1. The molecule has 0 bridgehead atoms. The second-order valence-corrected chi connectivity index (χ2v) is 12.1. The van der Waals surface area contributed by atoms with Crippen LogP contribution in [0.3, 0.4) is 0 Å². The Morgan fingerprint density at radius 3 is 2.65 bits per heavy atom.